The van der Waals surface area contributed by atoms with Crippen LogP contribution >= 0.6 is 0 Å². The van der Waals surface area contributed by atoms with Crippen molar-refractivity contribution in [2.45, 2.75) is 81.6 Å². The van der Waals surface area contributed by atoms with Crippen LogP contribution < -0.4 is 43.1 Å². The molecule has 0 N–H and O–H groups in total. The molecule has 0 saturated carbocycles. The van der Waals surface area contributed by atoms with E-state index in [0.717, 1.165) is 66.7 Å². The fourth-order valence-electron chi connectivity index (χ4n) is 17.3. The molecule has 12 aromatic carbocycles. The second kappa shape index (κ2) is 24.2. The first-order valence-electron chi connectivity index (χ1n) is 33.8. The van der Waals surface area contributed by atoms with Crippen LogP contribution in [0.25, 0.3) is 44.2 Å². The second-order valence-electron chi connectivity index (χ2n) is 27.1. The lowest BCUT2D eigenvalue weighted by molar-refractivity contribution is 0.669. The van der Waals surface area contributed by atoms with Crippen molar-refractivity contribution in [3.05, 3.63) is 356 Å². The van der Waals surface area contributed by atoms with Gasteiger partial charge in [-0.05, 0) is 156 Å². The molecule has 458 valence electrons. The van der Waals surface area contributed by atoms with Gasteiger partial charge in [-0.1, -0.05) is 337 Å². The van der Waals surface area contributed by atoms with E-state index in [0.29, 0.717) is 0 Å². The molecule has 0 bridgehead atoms. The van der Waals surface area contributed by atoms with Crippen molar-refractivity contribution in [3.8, 4) is 22.3 Å². The Morgan fingerprint density at radius 1 is 0.400 bits per heavy atom. The maximum Gasteiger partial charge on any atom is 0.242 e. The number of fused-ring (bicyclic) bond motifs is 9. The zero-order valence-electron chi connectivity index (χ0n) is 56.6. The summed E-state index contributed by atoms with van der Waals surface area (Å²) in [7, 11) is 0. The third-order valence-corrected chi connectivity index (χ3v) is 21.5. The monoisotopic (exact) mass is 1220 g/mol. The van der Waals surface area contributed by atoms with Crippen molar-refractivity contribution in [1.29, 1.82) is 0 Å². The van der Waals surface area contributed by atoms with Gasteiger partial charge >= 0.3 is 0 Å². The lowest BCUT2D eigenvalue weighted by atomic mass is 9.28. The van der Waals surface area contributed by atoms with Gasteiger partial charge in [0.2, 0.25) is 20.1 Å². The molecule has 2 nitrogen and oxygen atoms in total. The van der Waals surface area contributed by atoms with Crippen LogP contribution in [0.4, 0.5) is 17.1 Å². The molecule has 2 aliphatic heterocycles. The van der Waals surface area contributed by atoms with E-state index in [1.54, 1.807) is 0 Å². The Morgan fingerprint density at radius 3 is 1.34 bits per heavy atom. The minimum Gasteiger partial charge on any atom is -0.456 e. The summed E-state index contributed by atoms with van der Waals surface area (Å²) in [6.45, 7) is 30.1. The van der Waals surface area contributed by atoms with Gasteiger partial charge in [-0.15, -0.1) is 0 Å². The van der Waals surface area contributed by atoms with E-state index in [1.807, 2.05) is 0 Å². The number of allylic oxidation sites excluding steroid dienone is 5. The van der Waals surface area contributed by atoms with Crippen LogP contribution in [0.2, 0.25) is 0 Å². The molecule has 0 fully saturated rings. The second-order valence-corrected chi connectivity index (χ2v) is 27.1. The zero-order valence-corrected chi connectivity index (χ0v) is 56.6. The standard InChI is InChI=1S/C90H78B3NO/c1-13-71(92(86-58(4)30-23-31-59(86)5)87-60(6)32-24-33-61(87)7)54-74-66(12)91(85-56(2)28-22-29-57(85)3)78-49-48-72(93(88-62(8)34-25-35-63(88)9)89-64(10)36-26-37-65(89)11)55-75(78)90(74)76-52-69(67-38-16-14-17-39-67)46-50-79(76)94(80-51-47-70(53-77(80)90)68-40-18-15-19-41-68)81-43-27-45-83-84(81)73-42-20-21-44-82(73)95-83/h13-55H,1H2,2-12H3/b71-54+. The van der Waals surface area contributed by atoms with Crippen LogP contribution in [0, 0.1) is 69.2 Å². The Kier molecular flexibility index (Phi) is 15.5. The molecule has 95 heavy (non-hydrogen) atoms. The fraction of sp³-hybridized carbons (Fsp3) is 0.133. The van der Waals surface area contributed by atoms with Gasteiger partial charge in [0, 0.05) is 5.39 Å². The van der Waals surface area contributed by atoms with Gasteiger partial charge in [0.25, 0.3) is 0 Å². The number of para-hydroxylation sites is 1. The summed E-state index contributed by atoms with van der Waals surface area (Å²) in [6, 6.07) is 94.0. The van der Waals surface area contributed by atoms with Crippen LogP contribution in [-0.4, -0.2) is 20.1 Å². The lowest BCUT2D eigenvalue weighted by Gasteiger charge is -2.51. The molecule has 0 radical (unpaired) electrons. The molecule has 0 saturated heterocycles. The largest absolute Gasteiger partial charge is 0.456 e. The maximum absolute atomic E-state index is 6.85. The highest BCUT2D eigenvalue weighted by atomic mass is 16.3. The van der Waals surface area contributed by atoms with Gasteiger partial charge < -0.3 is 9.32 Å². The Balaban J connectivity index is 1.19. The van der Waals surface area contributed by atoms with Crippen molar-refractivity contribution in [3.63, 3.8) is 0 Å². The third kappa shape index (κ3) is 9.88. The molecule has 13 aromatic rings. The topological polar surface area (TPSA) is 16.4 Å². The summed E-state index contributed by atoms with van der Waals surface area (Å²) in [6.07, 6.45) is 4.87. The van der Waals surface area contributed by atoms with E-state index in [1.165, 1.54) is 122 Å². The van der Waals surface area contributed by atoms with Crippen molar-refractivity contribution < 1.29 is 4.42 Å². The van der Waals surface area contributed by atoms with Crippen LogP contribution in [0.5, 0.6) is 0 Å². The average molecular weight is 1220 g/mol. The highest BCUT2D eigenvalue weighted by molar-refractivity contribution is 6.97. The maximum atomic E-state index is 6.85. The van der Waals surface area contributed by atoms with E-state index in [2.05, 4.69) is 342 Å². The number of rotatable bonds is 12. The third-order valence-electron chi connectivity index (χ3n) is 21.5. The predicted molar refractivity (Wildman–Crippen MR) is 411 cm³/mol. The Morgan fingerprint density at radius 2 is 0.842 bits per heavy atom. The molecule has 3 heterocycles. The molecule has 0 aliphatic carbocycles. The highest BCUT2D eigenvalue weighted by Crippen LogP contribution is 2.62. The molecule has 0 unspecified atom stereocenters. The van der Waals surface area contributed by atoms with Crippen LogP contribution in [0.1, 0.15) is 79.2 Å². The normalized spacial score (nSPS) is 13.3. The summed E-state index contributed by atoms with van der Waals surface area (Å²) in [5.74, 6) is 0. The molecule has 5 heteroatoms. The van der Waals surface area contributed by atoms with Crippen molar-refractivity contribution in [1.82, 2.24) is 0 Å². The quantitative estimate of drug-likeness (QED) is 0.0895. The number of anilines is 3. The number of nitrogens with zero attached hydrogens (tertiary/aromatic N) is 1. The molecule has 2 aliphatic rings. The number of hydrogen-bond donors (Lipinski definition) is 0. The number of furan rings is 1. The highest BCUT2D eigenvalue weighted by Gasteiger charge is 2.54. The average Bonchev–Trinajstić information content (AvgIpc) is 0.722. The Labute approximate surface area is 563 Å². The van der Waals surface area contributed by atoms with Crippen molar-refractivity contribution >= 4 is 97.4 Å². The Hall–Kier alpha value is -10.3. The summed E-state index contributed by atoms with van der Waals surface area (Å²) < 4.78 is 6.85. The smallest absolute Gasteiger partial charge is 0.242 e. The van der Waals surface area contributed by atoms with Gasteiger partial charge in [-0.3, -0.25) is 0 Å². The molecule has 0 atom stereocenters. The predicted octanol–water partition coefficient (Wildman–Crippen LogP) is 18.1. The van der Waals surface area contributed by atoms with Crippen LogP contribution in [0.3, 0.4) is 0 Å². The molecule has 0 amide bonds. The first-order chi connectivity index (χ1) is 46.2. The van der Waals surface area contributed by atoms with Gasteiger partial charge in [0.15, 0.2) is 0 Å². The van der Waals surface area contributed by atoms with Gasteiger partial charge in [-0.25, -0.2) is 0 Å². The first kappa shape index (κ1) is 60.9. The summed E-state index contributed by atoms with van der Waals surface area (Å²) in [4.78, 5) is 2.59. The van der Waals surface area contributed by atoms with E-state index >= 15 is 0 Å². The van der Waals surface area contributed by atoms with Crippen molar-refractivity contribution in [2.24, 2.45) is 0 Å². The number of benzene rings is 12. The number of aryl methyl sites for hydroxylation is 10. The summed E-state index contributed by atoms with van der Waals surface area (Å²) in [5.41, 5.74) is 37.8. The van der Waals surface area contributed by atoms with E-state index in [9.17, 15) is 0 Å². The van der Waals surface area contributed by atoms with Gasteiger partial charge in [0.05, 0.1) is 27.9 Å². The fourth-order valence-corrected chi connectivity index (χ4v) is 17.3. The SMILES string of the molecule is C=C/C(=C\C1=C(C)B(c2c(C)cccc2C)c2ccc(B(c3c(C)cccc3C)c3c(C)cccc3C)cc2C12c1cc(-c3ccccc3)ccc1N(c1cccc3oc4ccccc4c13)c1ccc(-c3ccccc3)cc12)B(c1c(C)cccc1C)c1c(C)cccc1C. The van der Waals surface area contributed by atoms with E-state index in [4.69, 9.17) is 11.0 Å². The van der Waals surface area contributed by atoms with E-state index < -0.39 is 5.41 Å². The van der Waals surface area contributed by atoms with Crippen LogP contribution in [-0.2, 0) is 5.41 Å². The lowest BCUT2D eigenvalue weighted by Crippen LogP contribution is -2.59. The van der Waals surface area contributed by atoms with Crippen LogP contribution in [0.15, 0.2) is 288 Å². The van der Waals surface area contributed by atoms with E-state index in [-0.39, 0.29) is 20.1 Å². The molecular formula is C90H78B3NO. The minimum absolute atomic E-state index is 0.108. The van der Waals surface area contributed by atoms with Gasteiger partial charge in [-0.2, -0.15) is 0 Å². The number of hydrogen-bond acceptors (Lipinski definition) is 2. The minimum atomic E-state index is -1.03. The molecule has 1 aromatic heterocycles. The van der Waals surface area contributed by atoms with Crippen molar-refractivity contribution in [2.75, 3.05) is 4.90 Å². The van der Waals surface area contributed by atoms with Gasteiger partial charge in [0.1, 0.15) is 11.2 Å². The summed E-state index contributed by atoms with van der Waals surface area (Å²) >= 11 is 0. The zero-order chi connectivity index (χ0) is 65.6. The Bertz CT molecular complexity index is 5020. The molecule has 1 spiro atoms. The first-order valence-corrected chi connectivity index (χ1v) is 33.8. The summed E-state index contributed by atoms with van der Waals surface area (Å²) in [5, 5.41) is 2.16. The molecular weight excluding hydrogens is 1140 g/mol. The molecule has 15 rings (SSSR count).